The molecule has 0 radical (unpaired) electrons. The van der Waals surface area contributed by atoms with Gasteiger partial charge in [0.1, 0.15) is 19.3 Å². The molecule has 1 N–H and O–H groups in total. The largest absolute Gasteiger partial charge is 0.756 e. The van der Waals surface area contributed by atoms with Gasteiger partial charge in [-0.05, 0) is 76.7 Å². The van der Waals surface area contributed by atoms with Crippen molar-refractivity contribution in [1.29, 1.82) is 0 Å². The summed E-state index contributed by atoms with van der Waals surface area (Å²) in [5, 5.41) is 3.02. The Kier molecular flexibility index (Phi) is 52.8. The van der Waals surface area contributed by atoms with Gasteiger partial charge in [0.05, 0.1) is 33.8 Å². The Balaban J connectivity index is 5.17. The lowest BCUT2D eigenvalue weighted by molar-refractivity contribution is -0.870. The maximum Gasteiger partial charge on any atom is 0.306 e. The monoisotopic (exact) mass is 1060 g/mol. The summed E-state index contributed by atoms with van der Waals surface area (Å²) in [5.41, 5.74) is 0. The Labute approximate surface area is 458 Å². The zero-order valence-corrected chi connectivity index (χ0v) is 50.4. The molecule has 1 amide bonds. The quantitative estimate of drug-likeness (QED) is 0.0212. The fraction of sp³-hybridized carbons (Fsp3) is 0.844. The number of phosphoric ester groups is 1. The van der Waals surface area contributed by atoms with E-state index in [-0.39, 0.29) is 18.9 Å². The van der Waals surface area contributed by atoms with Crippen molar-refractivity contribution in [2.45, 2.75) is 309 Å². The number of ether oxygens (including phenoxy) is 1. The minimum Gasteiger partial charge on any atom is -0.756 e. The van der Waals surface area contributed by atoms with Gasteiger partial charge in [-0.3, -0.25) is 14.2 Å². The Bertz CT molecular complexity index is 1410. The lowest BCUT2D eigenvalue weighted by atomic mass is 10.0. The number of quaternary nitrogens is 1. The molecule has 3 atom stereocenters. The van der Waals surface area contributed by atoms with Crippen LogP contribution in [-0.4, -0.2) is 69.4 Å². The van der Waals surface area contributed by atoms with E-state index < -0.39 is 32.5 Å². The van der Waals surface area contributed by atoms with E-state index >= 15 is 0 Å². The Morgan fingerprint density at radius 3 is 1.26 bits per heavy atom. The number of allylic oxidation sites excluding steroid dienone is 7. The van der Waals surface area contributed by atoms with Gasteiger partial charge in [0, 0.05) is 12.8 Å². The predicted molar refractivity (Wildman–Crippen MR) is 316 cm³/mol. The van der Waals surface area contributed by atoms with Gasteiger partial charge < -0.3 is 28.5 Å². The molecule has 0 aliphatic rings. The van der Waals surface area contributed by atoms with Gasteiger partial charge in [0.15, 0.2) is 0 Å². The second-order valence-corrected chi connectivity index (χ2v) is 24.0. The third-order valence-electron chi connectivity index (χ3n) is 14.0. The number of hydrogen-bond acceptors (Lipinski definition) is 7. The number of amides is 1. The lowest BCUT2D eigenvalue weighted by Gasteiger charge is -2.30. The molecule has 0 spiro atoms. The molecular formula is C64H121N2O7P. The molecule has 0 aliphatic carbocycles. The van der Waals surface area contributed by atoms with Crippen LogP contribution in [0.4, 0.5) is 0 Å². The Morgan fingerprint density at radius 2 is 0.838 bits per heavy atom. The minimum absolute atomic E-state index is 0.0290. The highest BCUT2D eigenvalue weighted by Gasteiger charge is 2.27. The Hall–Kier alpha value is -2.03. The van der Waals surface area contributed by atoms with Crippen LogP contribution in [-0.2, 0) is 27.9 Å². The summed E-state index contributed by atoms with van der Waals surface area (Å²) in [7, 11) is 1.17. The van der Waals surface area contributed by atoms with Crippen LogP contribution in [0.25, 0.3) is 0 Å². The van der Waals surface area contributed by atoms with E-state index in [0.29, 0.717) is 23.9 Å². The number of carbonyl (C=O) groups excluding carboxylic acids is 2. The van der Waals surface area contributed by atoms with E-state index in [1.54, 1.807) is 0 Å². The van der Waals surface area contributed by atoms with Crippen molar-refractivity contribution in [3.8, 4) is 0 Å². The van der Waals surface area contributed by atoms with Gasteiger partial charge in [-0.2, -0.15) is 0 Å². The van der Waals surface area contributed by atoms with E-state index in [0.717, 1.165) is 51.4 Å². The molecule has 3 unspecified atom stereocenters. The molecule has 0 aromatic heterocycles. The first-order chi connectivity index (χ1) is 35.9. The van der Waals surface area contributed by atoms with E-state index in [2.05, 4.69) is 56.5 Å². The van der Waals surface area contributed by atoms with Crippen LogP contribution in [0.3, 0.4) is 0 Å². The van der Waals surface area contributed by atoms with Gasteiger partial charge in [0.25, 0.3) is 7.82 Å². The molecule has 0 aromatic carbocycles. The summed E-state index contributed by atoms with van der Waals surface area (Å²) in [6, 6.07) is -0.909. The van der Waals surface area contributed by atoms with Crippen molar-refractivity contribution in [3.63, 3.8) is 0 Å². The molecule has 0 saturated heterocycles. The van der Waals surface area contributed by atoms with Gasteiger partial charge >= 0.3 is 5.97 Å². The zero-order chi connectivity index (χ0) is 54.3. The van der Waals surface area contributed by atoms with Crippen LogP contribution in [0.5, 0.6) is 0 Å². The number of likely N-dealkylation sites (N-methyl/N-ethyl adjacent to an activating group) is 1. The summed E-state index contributed by atoms with van der Waals surface area (Å²) in [5.74, 6) is -0.611. The van der Waals surface area contributed by atoms with Crippen LogP contribution >= 0.6 is 7.82 Å². The normalized spacial score (nSPS) is 14.0. The highest BCUT2D eigenvalue weighted by atomic mass is 31.2. The third kappa shape index (κ3) is 54.7. The number of rotatable bonds is 57. The van der Waals surface area contributed by atoms with E-state index in [9.17, 15) is 19.0 Å². The van der Waals surface area contributed by atoms with Crippen molar-refractivity contribution >= 4 is 19.7 Å². The molecule has 10 heteroatoms. The van der Waals surface area contributed by atoms with Crippen LogP contribution in [0.1, 0.15) is 297 Å². The maximum atomic E-state index is 13.5. The lowest BCUT2D eigenvalue weighted by Crippen LogP contribution is -2.47. The fourth-order valence-corrected chi connectivity index (χ4v) is 9.82. The molecule has 74 heavy (non-hydrogen) atoms. The Morgan fingerprint density at radius 1 is 0.473 bits per heavy atom. The predicted octanol–water partition coefficient (Wildman–Crippen LogP) is 18.6. The van der Waals surface area contributed by atoms with Crippen LogP contribution in [0.15, 0.2) is 48.6 Å². The molecule has 9 nitrogen and oxygen atoms in total. The van der Waals surface area contributed by atoms with E-state index in [1.807, 2.05) is 39.4 Å². The number of nitrogens with zero attached hydrogens (tertiary/aromatic N) is 1. The van der Waals surface area contributed by atoms with Crippen molar-refractivity contribution < 1.29 is 37.3 Å². The second-order valence-electron chi connectivity index (χ2n) is 22.6. The first kappa shape index (κ1) is 72.0. The van der Waals surface area contributed by atoms with Crippen molar-refractivity contribution in [3.05, 3.63) is 48.6 Å². The number of unbranched alkanes of at least 4 members (excludes halogenated alkanes) is 35. The van der Waals surface area contributed by atoms with Crippen LogP contribution < -0.4 is 10.2 Å². The standard InChI is InChI=1S/C64H121N2O7P/c1-7-10-13-16-19-22-25-28-29-30-31-32-33-34-35-36-37-39-41-44-47-50-53-56-63(67)65-61(60-72-74(69,70)71-59-58-66(4,5)6)62(55-52-49-46-43-40-27-24-21-18-15-12-9-3)73-64(68)57-54-51-48-45-42-38-26-23-20-17-14-11-8-2/h28-29,38,42,48,51-52,55,61-62H,7-27,30-37,39-41,43-47,49-50,53-54,56-60H2,1-6H3,(H-,65,67,69,70)/b29-28+,42-38-,51-48+,55-52-. The number of hydrogen-bond donors (Lipinski definition) is 1. The maximum absolute atomic E-state index is 13.5. The van der Waals surface area contributed by atoms with Crippen molar-refractivity contribution in [1.82, 2.24) is 5.32 Å². The van der Waals surface area contributed by atoms with E-state index in [4.69, 9.17) is 13.8 Å². The fourth-order valence-electron chi connectivity index (χ4n) is 9.10. The van der Waals surface area contributed by atoms with Crippen molar-refractivity contribution in [2.75, 3.05) is 40.9 Å². The second kappa shape index (κ2) is 54.3. The van der Waals surface area contributed by atoms with E-state index in [1.165, 1.54) is 205 Å². The van der Waals surface area contributed by atoms with Gasteiger partial charge in [-0.15, -0.1) is 0 Å². The molecule has 0 heterocycles. The third-order valence-corrected chi connectivity index (χ3v) is 15.0. The first-order valence-corrected chi connectivity index (χ1v) is 32.9. The smallest absolute Gasteiger partial charge is 0.306 e. The molecule has 434 valence electrons. The topological polar surface area (TPSA) is 114 Å². The molecule has 0 rings (SSSR count). The van der Waals surface area contributed by atoms with Gasteiger partial charge in [-0.25, -0.2) is 0 Å². The highest BCUT2D eigenvalue weighted by molar-refractivity contribution is 7.45. The SMILES string of the molecule is CCCCCCCC/C=C\C/C=C/CCC(=O)OC(/C=C\CCCCCCCCCCCC)C(COP(=O)([O-])OCC[N+](C)(C)C)NC(=O)CCCCCCCCCCCCCCC/C=C/CCCCCCCC. The average Bonchev–Trinajstić information content (AvgIpc) is 3.36. The highest BCUT2D eigenvalue weighted by Crippen LogP contribution is 2.38. The first-order valence-electron chi connectivity index (χ1n) is 31.4. The molecule has 0 fully saturated rings. The summed E-state index contributed by atoms with van der Waals surface area (Å²) in [4.78, 5) is 39.9. The minimum atomic E-state index is -4.71. The summed E-state index contributed by atoms with van der Waals surface area (Å²) in [6.07, 6.45) is 66.7. The number of esters is 1. The van der Waals surface area contributed by atoms with Crippen LogP contribution in [0, 0.1) is 0 Å². The molecule has 0 aliphatic heterocycles. The molecular weight excluding hydrogens is 940 g/mol. The van der Waals surface area contributed by atoms with Gasteiger partial charge in [0.2, 0.25) is 5.91 Å². The number of nitrogens with one attached hydrogen (secondary N) is 1. The summed E-state index contributed by atoms with van der Waals surface area (Å²) in [6.45, 7) is 6.81. The average molecular weight is 1060 g/mol. The zero-order valence-electron chi connectivity index (χ0n) is 49.6. The van der Waals surface area contributed by atoms with Gasteiger partial charge in [-0.1, -0.05) is 256 Å². The number of carbonyl (C=O) groups is 2. The molecule has 0 bridgehead atoms. The summed E-state index contributed by atoms with van der Waals surface area (Å²) >= 11 is 0. The van der Waals surface area contributed by atoms with Crippen LogP contribution in [0.2, 0.25) is 0 Å². The molecule has 0 aromatic rings. The molecule has 0 saturated carbocycles. The number of phosphoric acid groups is 1. The summed E-state index contributed by atoms with van der Waals surface area (Å²) < 4.78 is 30.2. The van der Waals surface area contributed by atoms with Crippen molar-refractivity contribution in [2.24, 2.45) is 0 Å².